The van der Waals surface area contributed by atoms with Gasteiger partial charge in [0.1, 0.15) is 12.7 Å². The van der Waals surface area contributed by atoms with Gasteiger partial charge in [0.25, 0.3) is 7.82 Å². The van der Waals surface area contributed by atoms with Gasteiger partial charge in [-0.3, -0.25) is 9.36 Å². The maximum Gasteiger partial charge on any atom is 1.00 e. The van der Waals surface area contributed by atoms with Crippen molar-refractivity contribution < 1.29 is 57.6 Å². The molecule has 0 aromatic carbocycles. The Morgan fingerprint density at radius 2 is 1.64 bits per heavy atom. The fraction of sp³-hybridized carbons (Fsp3) is 0.950. The van der Waals surface area contributed by atoms with Crippen molar-refractivity contribution in [3.63, 3.8) is 0 Å². The van der Waals surface area contributed by atoms with E-state index in [-0.39, 0.29) is 48.7 Å². The molecule has 2 unspecified atom stereocenters. The Morgan fingerprint density at radius 1 is 1.04 bits per heavy atom. The largest absolute Gasteiger partial charge is 1.00 e. The normalized spacial score (nSPS) is 28.7. The molecule has 0 N–H and O–H groups in total. The first-order valence-corrected chi connectivity index (χ1v) is 12.3. The number of rotatable bonds is 15. The van der Waals surface area contributed by atoms with Crippen molar-refractivity contribution in [2.24, 2.45) is 11.8 Å². The second-order valence-corrected chi connectivity index (χ2v) is 9.43. The van der Waals surface area contributed by atoms with Gasteiger partial charge >= 0.3 is 35.5 Å². The van der Waals surface area contributed by atoms with E-state index in [4.69, 9.17) is 4.74 Å². The maximum atomic E-state index is 11.6. The molecule has 0 aromatic rings. The van der Waals surface area contributed by atoms with E-state index < -0.39 is 13.9 Å². The number of phosphoric ester groups is 1. The summed E-state index contributed by atoms with van der Waals surface area (Å²) in [7, 11) is -4.15. The van der Waals surface area contributed by atoms with Crippen molar-refractivity contribution in [1.29, 1.82) is 0 Å². The zero-order valence-corrected chi connectivity index (χ0v) is 20.6. The molecule has 0 radical (unpaired) electrons. The van der Waals surface area contributed by atoms with Crippen molar-refractivity contribution in [1.82, 2.24) is 0 Å². The van der Waals surface area contributed by atoms with Crippen LogP contribution in [0.3, 0.4) is 0 Å². The van der Waals surface area contributed by atoms with Crippen LogP contribution in [0.15, 0.2) is 0 Å². The van der Waals surface area contributed by atoms with E-state index in [2.05, 4.69) is 16.0 Å². The fourth-order valence-electron chi connectivity index (χ4n) is 3.81. The zero-order chi connectivity index (χ0) is 19.5. The Bertz CT molecular complexity index is 489. The van der Waals surface area contributed by atoms with Crippen molar-refractivity contribution in [3.05, 3.63) is 0 Å². The SMILES string of the molecule is CCCCCC[C@@H]1C[C@@H]1CCCCCCCC(=O)OCC1COP(=O)([O-])O1.[Na+]. The maximum absolute atomic E-state index is 11.6. The van der Waals surface area contributed by atoms with Gasteiger partial charge in [0, 0.05) is 6.42 Å². The molecule has 1 saturated carbocycles. The van der Waals surface area contributed by atoms with E-state index in [9.17, 15) is 14.3 Å². The van der Waals surface area contributed by atoms with Crippen LogP contribution in [0.5, 0.6) is 0 Å². The first-order chi connectivity index (χ1) is 13.0. The molecule has 1 saturated heterocycles. The number of phosphoric acid groups is 1. The Kier molecular flexibility index (Phi) is 13.8. The van der Waals surface area contributed by atoms with Crippen molar-refractivity contribution >= 4 is 13.8 Å². The summed E-state index contributed by atoms with van der Waals surface area (Å²) in [6.45, 7) is 2.12. The summed E-state index contributed by atoms with van der Waals surface area (Å²) in [6.07, 6.45) is 15.1. The summed E-state index contributed by atoms with van der Waals surface area (Å²) in [5, 5.41) is 0. The first-order valence-electron chi connectivity index (χ1n) is 10.8. The number of hydrogen-bond acceptors (Lipinski definition) is 6. The third kappa shape index (κ3) is 11.7. The van der Waals surface area contributed by atoms with Gasteiger partial charge in [-0.15, -0.1) is 0 Å². The fourth-order valence-corrected chi connectivity index (χ4v) is 4.71. The monoisotopic (exact) mass is 426 g/mol. The molecule has 2 aliphatic rings. The minimum absolute atomic E-state index is 0. The van der Waals surface area contributed by atoms with Crippen LogP contribution in [0.25, 0.3) is 0 Å². The minimum Gasteiger partial charge on any atom is -0.756 e. The molecular weight excluding hydrogens is 390 g/mol. The van der Waals surface area contributed by atoms with E-state index in [0.717, 1.165) is 24.7 Å². The van der Waals surface area contributed by atoms with Gasteiger partial charge in [0.05, 0.1) is 6.61 Å². The first kappa shape index (κ1) is 26.6. The van der Waals surface area contributed by atoms with Gasteiger partial charge in [0.2, 0.25) is 0 Å². The molecule has 1 aliphatic heterocycles. The predicted octanol–water partition coefficient (Wildman–Crippen LogP) is 1.75. The molecule has 158 valence electrons. The second-order valence-electron chi connectivity index (χ2n) is 8.07. The molecular formula is C20H36NaO6P. The molecule has 1 aliphatic carbocycles. The second kappa shape index (κ2) is 14.6. The van der Waals surface area contributed by atoms with Gasteiger partial charge in [-0.2, -0.15) is 0 Å². The van der Waals surface area contributed by atoms with E-state index in [1.54, 1.807) is 0 Å². The molecule has 0 spiro atoms. The molecule has 2 fully saturated rings. The predicted molar refractivity (Wildman–Crippen MR) is 102 cm³/mol. The van der Waals surface area contributed by atoms with Crippen molar-refractivity contribution in [3.8, 4) is 0 Å². The third-order valence-corrected chi connectivity index (χ3v) is 6.60. The summed E-state index contributed by atoms with van der Waals surface area (Å²) >= 11 is 0. The molecule has 4 atom stereocenters. The van der Waals surface area contributed by atoms with E-state index in [1.165, 1.54) is 64.2 Å². The van der Waals surface area contributed by atoms with Crippen molar-refractivity contribution in [2.45, 2.75) is 96.5 Å². The molecule has 0 aromatic heterocycles. The van der Waals surface area contributed by atoms with Gasteiger partial charge in [-0.1, -0.05) is 71.1 Å². The Hall–Kier alpha value is 0.580. The van der Waals surface area contributed by atoms with E-state index >= 15 is 0 Å². The number of carbonyl (C=O) groups is 1. The van der Waals surface area contributed by atoms with E-state index in [0.29, 0.717) is 6.42 Å². The van der Waals surface area contributed by atoms with Crippen LogP contribution in [0.4, 0.5) is 0 Å². The average molecular weight is 426 g/mol. The molecule has 8 heteroatoms. The van der Waals surface area contributed by atoms with Crippen molar-refractivity contribution in [2.75, 3.05) is 13.2 Å². The Labute approximate surface area is 192 Å². The van der Waals surface area contributed by atoms with Gasteiger partial charge in [0.15, 0.2) is 0 Å². The summed E-state index contributed by atoms with van der Waals surface area (Å²) in [5.74, 6) is 1.71. The van der Waals surface area contributed by atoms with Crippen LogP contribution in [-0.4, -0.2) is 25.3 Å². The third-order valence-electron chi connectivity index (χ3n) is 5.58. The molecule has 28 heavy (non-hydrogen) atoms. The average Bonchev–Trinajstić information content (AvgIpc) is 3.28. The van der Waals surface area contributed by atoms with Crippen LogP contribution >= 0.6 is 7.82 Å². The van der Waals surface area contributed by atoms with Crippen LogP contribution in [0.1, 0.15) is 90.4 Å². The molecule has 6 nitrogen and oxygen atoms in total. The summed E-state index contributed by atoms with van der Waals surface area (Å²) < 4.78 is 25.1. The van der Waals surface area contributed by atoms with Crippen LogP contribution in [0, 0.1) is 11.8 Å². The van der Waals surface area contributed by atoms with Crippen LogP contribution in [-0.2, 0) is 23.1 Å². The van der Waals surface area contributed by atoms with Gasteiger partial charge in [-0.25, -0.2) is 0 Å². The van der Waals surface area contributed by atoms with Crippen LogP contribution in [0.2, 0.25) is 0 Å². The summed E-state index contributed by atoms with van der Waals surface area (Å²) in [5.41, 5.74) is 0. The number of unbranched alkanes of at least 4 members (excludes halogenated alkanes) is 7. The standard InChI is InChI=1S/C20H37O6P.Na/c1-2-3-4-8-11-17-14-18(17)12-9-6-5-7-10-13-20(21)24-15-19-16-25-27(22,23)26-19;/h17-19H,2-16H2,1H3,(H,22,23);/q;+1/p-1/t17-,18+,19?;/m1./s1. The topological polar surface area (TPSA) is 84.9 Å². The number of ether oxygens (including phenoxy) is 1. The van der Waals surface area contributed by atoms with Crippen LogP contribution < -0.4 is 34.5 Å². The summed E-state index contributed by atoms with van der Waals surface area (Å²) in [4.78, 5) is 22.6. The summed E-state index contributed by atoms with van der Waals surface area (Å²) in [6, 6.07) is 0. The number of esters is 1. The van der Waals surface area contributed by atoms with E-state index in [1.807, 2.05) is 0 Å². The van der Waals surface area contributed by atoms with Gasteiger partial charge in [-0.05, 0) is 24.7 Å². The Balaban J connectivity index is 0.00000392. The molecule has 0 bridgehead atoms. The number of hydrogen-bond donors (Lipinski definition) is 0. The Morgan fingerprint density at radius 3 is 2.25 bits per heavy atom. The molecule has 0 amide bonds. The van der Waals surface area contributed by atoms with Gasteiger partial charge < -0.3 is 18.7 Å². The smallest absolute Gasteiger partial charge is 0.756 e. The number of carbonyl (C=O) groups excluding carboxylic acids is 1. The molecule has 2 rings (SSSR count). The molecule has 1 heterocycles. The minimum atomic E-state index is -4.15. The quantitative estimate of drug-likeness (QED) is 0.172. The zero-order valence-electron chi connectivity index (χ0n) is 17.7.